The van der Waals surface area contributed by atoms with E-state index in [9.17, 15) is 4.79 Å². The van der Waals surface area contributed by atoms with Crippen molar-refractivity contribution >= 4 is 41.6 Å². The van der Waals surface area contributed by atoms with Gasteiger partial charge in [0.25, 0.3) is 0 Å². The summed E-state index contributed by atoms with van der Waals surface area (Å²) in [6, 6.07) is 7.54. The van der Waals surface area contributed by atoms with E-state index < -0.39 is 0 Å². The van der Waals surface area contributed by atoms with E-state index in [-0.39, 0.29) is 29.9 Å². The lowest BCUT2D eigenvalue weighted by molar-refractivity contribution is -0.140. The smallest absolute Gasteiger partial charge is 0.305 e. The van der Waals surface area contributed by atoms with E-state index in [1.165, 1.54) is 7.11 Å². The number of rotatable bonds is 9. The molecule has 6 nitrogen and oxygen atoms in total. The predicted molar refractivity (Wildman–Crippen MR) is 104 cm³/mol. The van der Waals surface area contributed by atoms with Gasteiger partial charge in [-0.1, -0.05) is 25.0 Å². The van der Waals surface area contributed by atoms with Crippen molar-refractivity contribution in [1.82, 2.24) is 0 Å². The van der Waals surface area contributed by atoms with Gasteiger partial charge >= 0.3 is 5.97 Å². The number of para-hydroxylation sites is 2. The number of esters is 1. The molecule has 0 spiro atoms. The van der Waals surface area contributed by atoms with Gasteiger partial charge in [-0.25, -0.2) is 0 Å². The summed E-state index contributed by atoms with van der Waals surface area (Å²) in [5.74, 6) is 0.950. The Kier molecular flexibility index (Phi) is 12.1. The van der Waals surface area contributed by atoms with Gasteiger partial charge in [0.15, 0.2) is 5.96 Å². The molecule has 0 atom stereocenters. The lowest BCUT2D eigenvalue weighted by atomic mass is 10.1. The molecule has 0 radical (unpaired) electrons. The van der Waals surface area contributed by atoms with Crippen LogP contribution in [-0.4, -0.2) is 32.7 Å². The minimum Gasteiger partial charge on any atom is -0.495 e. The zero-order valence-electron chi connectivity index (χ0n) is 13.7. The Morgan fingerprint density at radius 3 is 2.57 bits per heavy atom. The SMILES string of the molecule is COC(=O)CCCCCCN=C(N)Nc1ccccc1OC.I. The molecule has 0 aromatic heterocycles. The highest BCUT2D eigenvalue weighted by molar-refractivity contribution is 14.0. The molecule has 23 heavy (non-hydrogen) atoms. The summed E-state index contributed by atoms with van der Waals surface area (Å²) >= 11 is 0. The summed E-state index contributed by atoms with van der Waals surface area (Å²) in [6.07, 6.45) is 4.28. The summed E-state index contributed by atoms with van der Waals surface area (Å²) in [6.45, 7) is 0.659. The molecule has 0 aliphatic carbocycles. The lowest BCUT2D eigenvalue weighted by Crippen LogP contribution is -2.23. The maximum atomic E-state index is 10.9. The normalized spacial score (nSPS) is 10.6. The Morgan fingerprint density at radius 2 is 1.87 bits per heavy atom. The molecule has 0 saturated heterocycles. The highest BCUT2D eigenvalue weighted by Gasteiger charge is 2.02. The molecule has 0 aliphatic rings. The quantitative estimate of drug-likeness (QED) is 0.205. The number of halogens is 1. The fourth-order valence-corrected chi connectivity index (χ4v) is 1.96. The molecule has 0 fully saturated rings. The summed E-state index contributed by atoms with van der Waals surface area (Å²) < 4.78 is 9.82. The average Bonchev–Trinajstić information content (AvgIpc) is 2.54. The van der Waals surface area contributed by atoms with Crippen LogP contribution in [0.25, 0.3) is 0 Å². The minimum absolute atomic E-state index is 0. The molecule has 1 rings (SSSR count). The molecule has 7 heteroatoms. The van der Waals surface area contributed by atoms with Crippen LogP contribution in [0.15, 0.2) is 29.3 Å². The molecule has 0 aliphatic heterocycles. The monoisotopic (exact) mass is 435 g/mol. The van der Waals surface area contributed by atoms with Crippen molar-refractivity contribution in [2.24, 2.45) is 10.7 Å². The van der Waals surface area contributed by atoms with Gasteiger partial charge in [-0.2, -0.15) is 0 Å². The van der Waals surface area contributed by atoms with E-state index in [4.69, 9.17) is 10.5 Å². The zero-order chi connectivity index (χ0) is 16.2. The molecule has 0 saturated carbocycles. The molecule has 0 amide bonds. The number of nitrogens with two attached hydrogens (primary N) is 1. The van der Waals surface area contributed by atoms with Crippen molar-refractivity contribution in [3.8, 4) is 5.75 Å². The Bertz CT molecular complexity index is 495. The van der Waals surface area contributed by atoms with Crippen molar-refractivity contribution in [2.45, 2.75) is 32.1 Å². The van der Waals surface area contributed by atoms with Gasteiger partial charge in [0.1, 0.15) is 5.75 Å². The van der Waals surface area contributed by atoms with Crippen LogP contribution < -0.4 is 15.8 Å². The Morgan fingerprint density at radius 1 is 1.17 bits per heavy atom. The Balaban J connectivity index is 0.00000484. The van der Waals surface area contributed by atoms with Gasteiger partial charge in [0.05, 0.1) is 19.9 Å². The van der Waals surface area contributed by atoms with Crippen LogP contribution in [0.1, 0.15) is 32.1 Å². The first-order chi connectivity index (χ1) is 10.7. The Labute approximate surface area is 154 Å². The molecule has 1 aromatic carbocycles. The lowest BCUT2D eigenvalue weighted by Gasteiger charge is -2.10. The average molecular weight is 435 g/mol. The highest BCUT2D eigenvalue weighted by atomic mass is 127. The number of carbonyl (C=O) groups excluding carboxylic acids is 1. The molecule has 0 bridgehead atoms. The number of nitrogens with one attached hydrogen (secondary N) is 1. The number of ether oxygens (including phenoxy) is 2. The topological polar surface area (TPSA) is 85.9 Å². The van der Waals surface area contributed by atoms with Crippen LogP contribution in [0, 0.1) is 0 Å². The van der Waals surface area contributed by atoms with E-state index in [0.717, 1.165) is 37.1 Å². The molecule has 0 unspecified atom stereocenters. The first-order valence-corrected chi connectivity index (χ1v) is 7.44. The molecular weight excluding hydrogens is 409 g/mol. The largest absolute Gasteiger partial charge is 0.495 e. The second-order valence-corrected chi connectivity index (χ2v) is 4.83. The molecule has 0 heterocycles. The first kappa shape index (κ1) is 21.5. The number of unbranched alkanes of at least 4 members (excludes halogenated alkanes) is 3. The van der Waals surface area contributed by atoms with Crippen molar-refractivity contribution < 1.29 is 14.3 Å². The van der Waals surface area contributed by atoms with Gasteiger partial charge in [0, 0.05) is 13.0 Å². The van der Waals surface area contributed by atoms with Crippen LogP contribution in [0.3, 0.4) is 0 Å². The molecule has 1 aromatic rings. The molecule has 3 N–H and O–H groups in total. The van der Waals surface area contributed by atoms with Crippen LogP contribution in [-0.2, 0) is 9.53 Å². The number of guanidine groups is 1. The number of methoxy groups -OCH3 is 2. The van der Waals surface area contributed by atoms with Crippen LogP contribution in [0.2, 0.25) is 0 Å². The van der Waals surface area contributed by atoms with E-state index in [0.29, 0.717) is 18.9 Å². The summed E-state index contributed by atoms with van der Waals surface area (Å²) in [4.78, 5) is 15.2. The number of nitrogens with zero attached hydrogens (tertiary/aromatic N) is 1. The number of carbonyl (C=O) groups is 1. The third kappa shape index (κ3) is 9.27. The van der Waals surface area contributed by atoms with Crippen molar-refractivity contribution in [1.29, 1.82) is 0 Å². The molecular formula is C16H26IN3O3. The second-order valence-electron chi connectivity index (χ2n) is 4.83. The third-order valence-electron chi connectivity index (χ3n) is 3.17. The van der Waals surface area contributed by atoms with Crippen LogP contribution in [0.4, 0.5) is 5.69 Å². The summed E-state index contributed by atoms with van der Waals surface area (Å²) in [7, 11) is 3.02. The highest BCUT2D eigenvalue weighted by Crippen LogP contribution is 2.22. The fourth-order valence-electron chi connectivity index (χ4n) is 1.96. The number of aliphatic imine (C=N–C) groups is 1. The maximum absolute atomic E-state index is 10.9. The van der Waals surface area contributed by atoms with Gasteiger partial charge < -0.3 is 20.5 Å². The van der Waals surface area contributed by atoms with E-state index in [1.54, 1.807) is 7.11 Å². The van der Waals surface area contributed by atoms with E-state index in [1.807, 2.05) is 24.3 Å². The number of hydrogen-bond donors (Lipinski definition) is 2. The van der Waals surface area contributed by atoms with Crippen molar-refractivity contribution in [3.05, 3.63) is 24.3 Å². The van der Waals surface area contributed by atoms with Crippen molar-refractivity contribution in [2.75, 3.05) is 26.1 Å². The number of anilines is 1. The predicted octanol–water partition coefficient (Wildman–Crippen LogP) is 3.16. The Hall–Kier alpha value is -1.51. The standard InChI is InChI=1S/C16H25N3O3.HI/c1-21-14-10-7-6-9-13(14)19-16(17)18-12-8-4-3-5-11-15(20)22-2;/h6-7,9-10H,3-5,8,11-12H2,1-2H3,(H3,17,18,19);1H. The summed E-state index contributed by atoms with van der Waals surface area (Å²) in [5, 5.41) is 3.03. The third-order valence-corrected chi connectivity index (χ3v) is 3.17. The van der Waals surface area contributed by atoms with E-state index in [2.05, 4.69) is 15.0 Å². The van der Waals surface area contributed by atoms with Gasteiger partial charge in [0.2, 0.25) is 0 Å². The zero-order valence-corrected chi connectivity index (χ0v) is 16.0. The van der Waals surface area contributed by atoms with Gasteiger partial charge in [-0.3, -0.25) is 9.79 Å². The maximum Gasteiger partial charge on any atom is 0.305 e. The number of benzene rings is 1. The number of hydrogen-bond acceptors (Lipinski definition) is 4. The molecule has 130 valence electrons. The van der Waals surface area contributed by atoms with Gasteiger partial charge in [-0.05, 0) is 25.0 Å². The minimum atomic E-state index is -0.150. The van der Waals surface area contributed by atoms with Crippen molar-refractivity contribution in [3.63, 3.8) is 0 Å². The first-order valence-electron chi connectivity index (χ1n) is 7.44. The van der Waals surface area contributed by atoms with E-state index >= 15 is 0 Å². The van der Waals surface area contributed by atoms with Gasteiger partial charge in [-0.15, -0.1) is 24.0 Å². The van der Waals surface area contributed by atoms with Crippen LogP contribution in [0.5, 0.6) is 5.75 Å². The summed E-state index contributed by atoms with van der Waals surface area (Å²) in [5.41, 5.74) is 6.65. The fraction of sp³-hybridized carbons (Fsp3) is 0.500. The van der Waals surface area contributed by atoms with Crippen LogP contribution >= 0.6 is 24.0 Å². The second kappa shape index (κ2) is 13.0.